The molecule has 0 amide bonds. The fourth-order valence-corrected chi connectivity index (χ4v) is 0.821. The molecule has 3 nitrogen and oxygen atoms in total. The molecule has 0 heterocycles. The summed E-state index contributed by atoms with van der Waals surface area (Å²) in [5.41, 5.74) is 0. The first kappa shape index (κ1) is 12.9. The first-order chi connectivity index (χ1) is 6.02. The van der Waals surface area contributed by atoms with Gasteiger partial charge in [-0.15, -0.1) is 0 Å². The van der Waals surface area contributed by atoms with Crippen LogP contribution in [0.4, 0.5) is 0 Å². The van der Waals surface area contributed by atoms with Crippen LogP contribution in [0.25, 0.3) is 0 Å². The Morgan fingerprint density at radius 3 is 2.08 bits per heavy atom. The first-order valence-corrected chi connectivity index (χ1v) is 4.89. The van der Waals surface area contributed by atoms with E-state index in [2.05, 4.69) is 13.8 Å². The summed E-state index contributed by atoms with van der Waals surface area (Å²) < 4.78 is 10.7. The van der Waals surface area contributed by atoms with E-state index in [-0.39, 0.29) is 6.10 Å². The molecule has 0 aliphatic carbocycles. The molecule has 0 saturated heterocycles. The van der Waals surface area contributed by atoms with Crippen LogP contribution in [0.2, 0.25) is 0 Å². The predicted octanol–water partition coefficient (Wildman–Crippen LogP) is 1.44. The van der Waals surface area contributed by atoms with E-state index in [1.54, 1.807) is 6.92 Å². The third-order valence-electron chi connectivity index (χ3n) is 1.43. The molecule has 0 aliphatic heterocycles. The lowest BCUT2D eigenvalue weighted by Gasteiger charge is -2.15. The van der Waals surface area contributed by atoms with Gasteiger partial charge in [0.25, 0.3) is 0 Å². The summed E-state index contributed by atoms with van der Waals surface area (Å²) >= 11 is 0. The van der Waals surface area contributed by atoms with Gasteiger partial charge in [0.1, 0.15) is 0 Å². The molecular weight excluding hydrogens is 168 g/mol. The maximum atomic E-state index is 8.95. The van der Waals surface area contributed by atoms with Gasteiger partial charge in [-0.25, -0.2) is 0 Å². The average molecular weight is 190 g/mol. The number of aliphatic hydroxyl groups is 1. The number of ether oxygens (including phenoxy) is 2. The van der Waals surface area contributed by atoms with E-state index < -0.39 is 6.10 Å². The highest BCUT2D eigenvalue weighted by Crippen LogP contribution is 1.97. The van der Waals surface area contributed by atoms with Gasteiger partial charge < -0.3 is 14.6 Å². The van der Waals surface area contributed by atoms with Crippen LogP contribution in [0.15, 0.2) is 0 Å². The molecule has 0 radical (unpaired) electrons. The lowest BCUT2D eigenvalue weighted by molar-refractivity contribution is -0.0402. The van der Waals surface area contributed by atoms with Crippen molar-refractivity contribution >= 4 is 0 Å². The molecule has 0 aromatic carbocycles. The third-order valence-corrected chi connectivity index (χ3v) is 1.43. The second-order valence-corrected chi connectivity index (χ2v) is 3.92. The summed E-state index contributed by atoms with van der Waals surface area (Å²) in [7, 11) is 0. The smallest absolute Gasteiger partial charge is 0.0781 e. The quantitative estimate of drug-likeness (QED) is 0.660. The van der Waals surface area contributed by atoms with Crippen LogP contribution < -0.4 is 0 Å². The second-order valence-electron chi connectivity index (χ2n) is 3.92. The van der Waals surface area contributed by atoms with E-state index in [1.807, 2.05) is 6.92 Å². The van der Waals surface area contributed by atoms with Crippen molar-refractivity contribution in [1.29, 1.82) is 0 Å². The topological polar surface area (TPSA) is 38.7 Å². The zero-order valence-corrected chi connectivity index (χ0v) is 9.12. The van der Waals surface area contributed by atoms with E-state index in [1.165, 1.54) is 0 Å². The van der Waals surface area contributed by atoms with Crippen LogP contribution in [0.5, 0.6) is 0 Å². The van der Waals surface area contributed by atoms with Crippen molar-refractivity contribution in [2.45, 2.75) is 39.9 Å². The molecule has 0 aromatic heterocycles. The molecule has 0 unspecified atom stereocenters. The maximum absolute atomic E-state index is 8.95. The highest BCUT2D eigenvalue weighted by atomic mass is 16.5. The highest BCUT2D eigenvalue weighted by molar-refractivity contribution is 4.51. The molecule has 13 heavy (non-hydrogen) atoms. The Morgan fingerprint density at radius 2 is 1.62 bits per heavy atom. The average Bonchev–Trinajstić information content (AvgIpc) is 2.00. The van der Waals surface area contributed by atoms with Gasteiger partial charge in [0.05, 0.1) is 25.4 Å². The van der Waals surface area contributed by atoms with Crippen LogP contribution in [0.1, 0.15) is 27.7 Å². The molecule has 3 heteroatoms. The lowest BCUT2D eigenvalue weighted by Crippen LogP contribution is -2.22. The summed E-state index contributed by atoms with van der Waals surface area (Å²) in [5, 5.41) is 8.95. The normalized spacial score (nSPS) is 16.2. The Labute approximate surface area is 81.0 Å². The zero-order chi connectivity index (χ0) is 10.3. The third kappa shape index (κ3) is 9.80. The van der Waals surface area contributed by atoms with E-state index in [0.717, 1.165) is 6.61 Å². The Kier molecular flexibility index (Phi) is 7.23. The Balaban J connectivity index is 3.25. The van der Waals surface area contributed by atoms with Gasteiger partial charge in [0.2, 0.25) is 0 Å². The lowest BCUT2D eigenvalue weighted by atomic mass is 10.2. The molecule has 0 fully saturated rings. The van der Waals surface area contributed by atoms with Gasteiger partial charge in [0, 0.05) is 6.61 Å². The van der Waals surface area contributed by atoms with Gasteiger partial charge in [0.15, 0.2) is 0 Å². The van der Waals surface area contributed by atoms with Gasteiger partial charge in [-0.05, 0) is 19.8 Å². The molecule has 0 rings (SSSR count). The summed E-state index contributed by atoms with van der Waals surface area (Å²) in [6.07, 6.45) is -0.333. The van der Waals surface area contributed by atoms with Crippen molar-refractivity contribution in [3.8, 4) is 0 Å². The number of hydrogen-bond acceptors (Lipinski definition) is 3. The zero-order valence-electron chi connectivity index (χ0n) is 9.12. The van der Waals surface area contributed by atoms with Crippen molar-refractivity contribution in [3.05, 3.63) is 0 Å². The largest absolute Gasteiger partial charge is 0.391 e. The summed E-state index contributed by atoms with van der Waals surface area (Å²) in [4.78, 5) is 0. The maximum Gasteiger partial charge on any atom is 0.0781 e. The number of hydrogen-bond donors (Lipinski definition) is 1. The Bertz CT molecular complexity index is 113. The SMILES string of the molecule is CC(C)COC[C@@H](C)OC[C@H](C)O. The van der Waals surface area contributed by atoms with E-state index in [4.69, 9.17) is 14.6 Å². The Hall–Kier alpha value is -0.120. The van der Waals surface area contributed by atoms with Crippen molar-refractivity contribution in [2.75, 3.05) is 19.8 Å². The van der Waals surface area contributed by atoms with Crippen molar-refractivity contribution in [1.82, 2.24) is 0 Å². The van der Waals surface area contributed by atoms with Crippen molar-refractivity contribution < 1.29 is 14.6 Å². The minimum Gasteiger partial charge on any atom is -0.391 e. The minimum atomic E-state index is -0.396. The van der Waals surface area contributed by atoms with Gasteiger partial charge in [-0.2, -0.15) is 0 Å². The minimum absolute atomic E-state index is 0.0633. The molecule has 1 N–H and O–H groups in total. The second kappa shape index (κ2) is 7.30. The summed E-state index contributed by atoms with van der Waals surface area (Å²) in [5.74, 6) is 0.559. The molecule has 0 saturated carbocycles. The van der Waals surface area contributed by atoms with E-state index in [0.29, 0.717) is 19.1 Å². The predicted molar refractivity (Wildman–Crippen MR) is 52.8 cm³/mol. The van der Waals surface area contributed by atoms with E-state index >= 15 is 0 Å². The summed E-state index contributed by atoms with van der Waals surface area (Å²) in [6.45, 7) is 9.63. The first-order valence-electron chi connectivity index (χ1n) is 4.89. The van der Waals surface area contributed by atoms with Crippen molar-refractivity contribution in [2.24, 2.45) is 5.92 Å². The van der Waals surface area contributed by atoms with Crippen LogP contribution >= 0.6 is 0 Å². The molecule has 0 spiro atoms. The monoisotopic (exact) mass is 190 g/mol. The number of rotatable bonds is 7. The summed E-state index contributed by atoms with van der Waals surface area (Å²) in [6, 6.07) is 0. The van der Waals surface area contributed by atoms with Crippen molar-refractivity contribution in [3.63, 3.8) is 0 Å². The molecule has 80 valence electrons. The van der Waals surface area contributed by atoms with Crippen LogP contribution in [-0.4, -0.2) is 37.1 Å². The van der Waals surface area contributed by atoms with Crippen LogP contribution in [0, 0.1) is 5.92 Å². The van der Waals surface area contributed by atoms with Gasteiger partial charge >= 0.3 is 0 Å². The van der Waals surface area contributed by atoms with Gasteiger partial charge in [-0.1, -0.05) is 13.8 Å². The fraction of sp³-hybridized carbons (Fsp3) is 1.00. The fourth-order valence-electron chi connectivity index (χ4n) is 0.821. The standard InChI is InChI=1S/C10H22O3/c1-8(2)5-12-7-10(4)13-6-9(3)11/h8-11H,5-7H2,1-4H3/t9-,10+/m0/s1. The van der Waals surface area contributed by atoms with Crippen LogP contribution in [0.3, 0.4) is 0 Å². The highest BCUT2D eigenvalue weighted by Gasteiger charge is 2.04. The molecule has 0 aromatic rings. The molecule has 2 atom stereocenters. The Morgan fingerprint density at radius 1 is 1.00 bits per heavy atom. The molecule has 0 aliphatic rings. The van der Waals surface area contributed by atoms with Gasteiger partial charge in [-0.3, -0.25) is 0 Å². The van der Waals surface area contributed by atoms with E-state index in [9.17, 15) is 0 Å². The molecular formula is C10H22O3. The number of aliphatic hydroxyl groups excluding tert-OH is 1. The molecule has 0 bridgehead atoms. The van der Waals surface area contributed by atoms with Crippen LogP contribution in [-0.2, 0) is 9.47 Å².